The van der Waals surface area contributed by atoms with Gasteiger partial charge in [0.2, 0.25) is 5.78 Å². The maximum atomic E-state index is 13.5. The SMILES string of the molecule is CN1CCN(C(=O)c2ccc(C3=NN4C(C(=O)c5ccc(Br)cc5)Oc5ccccc5C4C3)cc2)CC1. The number of hydrazone groups is 1. The number of hydrogen-bond acceptors (Lipinski definition) is 6. The summed E-state index contributed by atoms with van der Waals surface area (Å²) in [5.41, 5.74) is 4.08. The van der Waals surface area contributed by atoms with Crippen LogP contribution in [0.25, 0.3) is 0 Å². The van der Waals surface area contributed by atoms with Crippen LogP contribution in [0.5, 0.6) is 5.75 Å². The van der Waals surface area contributed by atoms with Gasteiger partial charge in [0.15, 0.2) is 0 Å². The molecule has 0 N–H and O–H groups in total. The van der Waals surface area contributed by atoms with Gasteiger partial charge in [-0.1, -0.05) is 58.4 Å². The Morgan fingerprint density at radius 1 is 0.892 bits per heavy atom. The Kier molecular flexibility index (Phi) is 6.30. The maximum Gasteiger partial charge on any atom is 0.253 e. The second kappa shape index (κ2) is 9.76. The van der Waals surface area contributed by atoms with E-state index in [9.17, 15) is 9.59 Å². The number of likely N-dealkylation sites (N-methyl/N-ethyl adjacent to an activating group) is 1. The van der Waals surface area contributed by atoms with Gasteiger partial charge in [-0.2, -0.15) is 5.10 Å². The molecule has 37 heavy (non-hydrogen) atoms. The van der Waals surface area contributed by atoms with Crippen LogP contribution < -0.4 is 4.74 Å². The molecule has 0 radical (unpaired) electrons. The molecular formula is C29H27BrN4O3. The smallest absolute Gasteiger partial charge is 0.253 e. The van der Waals surface area contributed by atoms with Crippen molar-refractivity contribution in [1.82, 2.24) is 14.8 Å². The molecule has 1 saturated heterocycles. The van der Waals surface area contributed by atoms with E-state index >= 15 is 0 Å². The number of para-hydroxylation sites is 1. The summed E-state index contributed by atoms with van der Waals surface area (Å²) < 4.78 is 7.12. The molecule has 3 aromatic rings. The summed E-state index contributed by atoms with van der Waals surface area (Å²) >= 11 is 3.43. The number of Topliss-reactive ketones (excluding diaryl/α,β-unsaturated/α-hetero) is 1. The first kappa shape index (κ1) is 23.9. The van der Waals surface area contributed by atoms with Crippen LogP contribution in [0.2, 0.25) is 0 Å². The van der Waals surface area contributed by atoms with Gasteiger partial charge in [0.05, 0.1) is 11.8 Å². The zero-order valence-corrected chi connectivity index (χ0v) is 22.1. The highest BCUT2D eigenvalue weighted by molar-refractivity contribution is 9.10. The molecule has 6 rings (SSSR count). The number of ketones is 1. The fraction of sp³-hybridized carbons (Fsp3) is 0.276. The Morgan fingerprint density at radius 3 is 2.30 bits per heavy atom. The molecule has 0 saturated carbocycles. The highest BCUT2D eigenvalue weighted by atomic mass is 79.9. The van der Waals surface area contributed by atoms with Crippen molar-refractivity contribution < 1.29 is 14.3 Å². The fourth-order valence-corrected chi connectivity index (χ4v) is 5.40. The molecule has 0 aliphatic carbocycles. The standard InChI is InChI=1S/C29H27BrN4O3/c1-32-14-16-33(17-15-32)28(36)21-8-6-19(7-9-21)24-18-25-23-4-2-3-5-26(23)37-29(34(25)31-24)27(35)20-10-12-22(30)13-11-20/h2-13,25,29H,14-18H2,1H3. The third kappa shape index (κ3) is 4.55. The number of fused-ring (bicyclic) bond motifs is 3. The van der Waals surface area contributed by atoms with E-state index in [2.05, 4.69) is 27.9 Å². The highest BCUT2D eigenvalue weighted by Crippen LogP contribution is 2.43. The minimum Gasteiger partial charge on any atom is -0.461 e. The lowest BCUT2D eigenvalue weighted by Crippen LogP contribution is -2.47. The summed E-state index contributed by atoms with van der Waals surface area (Å²) in [5.74, 6) is 0.641. The van der Waals surface area contributed by atoms with E-state index in [4.69, 9.17) is 9.84 Å². The van der Waals surface area contributed by atoms with Crippen LogP contribution in [-0.2, 0) is 0 Å². The van der Waals surface area contributed by atoms with Crippen LogP contribution in [-0.4, -0.2) is 71.7 Å². The van der Waals surface area contributed by atoms with Gasteiger partial charge in [-0.05, 0) is 42.9 Å². The predicted octanol–water partition coefficient (Wildman–Crippen LogP) is 4.59. The van der Waals surface area contributed by atoms with Crippen LogP contribution in [0.4, 0.5) is 0 Å². The van der Waals surface area contributed by atoms with Gasteiger partial charge < -0.3 is 14.5 Å². The minimum absolute atomic E-state index is 0.0629. The maximum absolute atomic E-state index is 13.5. The molecule has 3 aliphatic rings. The number of rotatable bonds is 4. The number of carbonyl (C=O) groups excluding carboxylic acids is 2. The number of piperazine rings is 1. The fourth-order valence-electron chi connectivity index (χ4n) is 5.14. The quantitative estimate of drug-likeness (QED) is 0.438. The first-order chi connectivity index (χ1) is 18.0. The molecule has 0 spiro atoms. The molecule has 1 fully saturated rings. The highest BCUT2D eigenvalue weighted by Gasteiger charge is 2.43. The van der Waals surface area contributed by atoms with Crippen LogP contribution in [0, 0.1) is 0 Å². The largest absolute Gasteiger partial charge is 0.461 e. The third-order valence-corrected chi connectivity index (χ3v) is 7.84. The number of hydrogen-bond donors (Lipinski definition) is 0. The molecule has 3 aliphatic heterocycles. The van der Waals surface area contributed by atoms with Crippen molar-refractivity contribution in [2.45, 2.75) is 18.7 Å². The summed E-state index contributed by atoms with van der Waals surface area (Å²) in [7, 11) is 2.08. The lowest BCUT2D eigenvalue weighted by Gasteiger charge is -2.37. The molecule has 2 unspecified atom stereocenters. The van der Waals surface area contributed by atoms with Gasteiger partial charge in [0.1, 0.15) is 5.75 Å². The number of benzene rings is 3. The summed E-state index contributed by atoms with van der Waals surface area (Å²) in [4.78, 5) is 30.6. The van der Waals surface area contributed by atoms with Gasteiger partial charge in [0.25, 0.3) is 12.1 Å². The molecule has 3 heterocycles. The van der Waals surface area contributed by atoms with Crippen molar-refractivity contribution in [3.05, 3.63) is 99.5 Å². The van der Waals surface area contributed by atoms with Gasteiger partial charge in [-0.15, -0.1) is 0 Å². The number of carbonyl (C=O) groups is 2. The van der Waals surface area contributed by atoms with Crippen molar-refractivity contribution in [2.75, 3.05) is 33.2 Å². The van der Waals surface area contributed by atoms with Crippen LogP contribution in [0.15, 0.2) is 82.4 Å². The lowest BCUT2D eigenvalue weighted by molar-refractivity contribution is -0.00455. The molecule has 2 atom stereocenters. The van der Waals surface area contributed by atoms with Crippen molar-refractivity contribution in [3.8, 4) is 5.75 Å². The third-order valence-electron chi connectivity index (χ3n) is 7.31. The van der Waals surface area contributed by atoms with E-state index in [-0.39, 0.29) is 17.7 Å². The van der Waals surface area contributed by atoms with Crippen molar-refractivity contribution >= 4 is 33.3 Å². The number of ether oxygens (including phenoxy) is 1. The lowest BCUT2D eigenvalue weighted by atomic mass is 9.95. The molecule has 7 nitrogen and oxygen atoms in total. The Hall–Kier alpha value is -3.49. The number of nitrogens with zero attached hydrogens (tertiary/aromatic N) is 4. The molecule has 8 heteroatoms. The molecule has 3 aromatic carbocycles. The zero-order chi connectivity index (χ0) is 25.5. The molecule has 0 bridgehead atoms. The van der Waals surface area contributed by atoms with E-state index < -0.39 is 6.23 Å². The summed E-state index contributed by atoms with van der Waals surface area (Å²) in [6.07, 6.45) is -0.201. The molecule has 188 valence electrons. The Bertz CT molecular complexity index is 1360. The van der Waals surface area contributed by atoms with E-state index in [1.54, 1.807) is 17.1 Å². The summed E-state index contributed by atoms with van der Waals surface area (Å²) in [6, 6.07) is 22.7. The van der Waals surface area contributed by atoms with E-state index in [0.717, 1.165) is 47.5 Å². The van der Waals surface area contributed by atoms with E-state index in [1.165, 1.54) is 0 Å². The second-order valence-corrected chi connectivity index (χ2v) is 10.6. The molecule has 0 aromatic heterocycles. The first-order valence-electron chi connectivity index (χ1n) is 12.5. The van der Waals surface area contributed by atoms with Gasteiger partial charge >= 0.3 is 0 Å². The zero-order valence-electron chi connectivity index (χ0n) is 20.5. The van der Waals surface area contributed by atoms with Gasteiger partial charge in [0, 0.05) is 53.8 Å². The van der Waals surface area contributed by atoms with Crippen molar-refractivity contribution in [3.63, 3.8) is 0 Å². The average Bonchev–Trinajstić information content (AvgIpc) is 3.39. The summed E-state index contributed by atoms with van der Waals surface area (Å²) in [6.45, 7) is 3.27. The van der Waals surface area contributed by atoms with Gasteiger partial charge in [-0.3, -0.25) is 9.59 Å². The van der Waals surface area contributed by atoms with E-state index in [0.29, 0.717) is 23.3 Å². The molecule has 1 amide bonds. The van der Waals surface area contributed by atoms with Gasteiger partial charge in [-0.25, -0.2) is 5.01 Å². The molecular weight excluding hydrogens is 532 g/mol. The minimum atomic E-state index is -0.850. The first-order valence-corrected chi connectivity index (χ1v) is 13.3. The van der Waals surface area contributed by atoms with E-state index in [1.807, 2.05) is 65.6 Å². The normalized spacial score (nSPS) is 21.1. The predicted molar refractivity (Wildman–Crippen MR) is 145 cm³/mol. The van der Waals surface area contributed by atoms with Crippen LogP contribution in [0.1, 0.15) is 44.3 Å². The monoisotopic (exact) mass is 558 g/mol. The van der Waals surface area contributed by atoms with Crippen LogP contribution >= 0.6 is 15.9 Å². The topological polar surface area (TPSA) is 65.5 Å². The Morgan fingerprint density at radius 2 is 1.57 bits per heavy atom. The number of halogens is 1. The van der Waals surface area contributed by atoms with Crippen LogP contribution in [0.3, 0.4) is 0 Å². The number of amides is 1. The Balaban J connectivity index is 1.27. The average molecular weight is 559 g/mol. The summed E-state index contributed by atoms with van der Waals surface area (Å²) in [5, 5.41) is 6.69. The second-order valence-electron chi connectivity index (χ2n) is 9.70. The van der Waals surface area contributed by atoms with Crippen molar-refractivity contribution in [1.29, 1.82) is 0 Å². The van der Waals surface area contributed by atoms with Crippen molar-refractivity contribution in [2.24, 2.45) is 5.10 Å². The Labute approximate surface area is 224 Å².